The number of methoxy groups -OCH3 is 1. The van der Waals surface area contributed by atoms with Crippen molar-refractivity contribution in [2.75, 3.05) is 18.7 Å². The summed E-state index contributed by atoms with van der Waals surface area (Å²) in [6.07, 6.45) is 3.39. The van der Waals surface area contributed by atoms with E-state index >= 15 is 0 Å². The van der Waals surface area contributed by atoms with Gasteiger partial charge in [-0.2, -0.15) is 0 Å². The summed E-state index contributed by atoms with van der Waals surface area (Å²) in [6, 6.07) is 8.51. The van der Waals surface area contributed by atoms with E-state index in [1.54, 1.807) is 43.5 Å². The van der Waals surface area contributed by atoms with Crippen LogP contribution in [0.5, 0.6) is 0 Å². The Labute approximate surface area is 166 Å². The van der Waals surface area contributed by atoms with Crippen molar-refractivity contribution in [3.8, 4) is 11.6 Å². The summed E-state index contributed by atoms with van der Waals surface area (Å²) in [7, 11) is 1.31. The predicted octanol–water partition coefficient (Wildman–Crippen LogP) is 4.11. The summed E-state index contributed by atoms with van der Waals surface area (Å²) >= 11 is 1.35. The second kappa shape index (κ2) is 8.26. The number of furan rings is 1. The summed E-state index contributed by atoms with van der Waals surface area (Å²) in [5.41, 5.74) is 2.61. The molecule has 0 saturated heterocycles. The minimum Gasteiger partial charge on any atom is -0.465 e. The quantitative estimate of drug-likeness (QED) is 0.393. The second-order valence-corrected chi connectivity index (χ2v) is 6.76. The van der Waals surface area contributed by atoms with Gasteiger partial charge in [-0.1, -0.05) is 6.07 Å². The molecule has 1 N–H and O–H groups in total. The van der Waals surface area contributed by atoms with Crippen molar-refractivity contribution >= 4 is 29.3 Å². The van der Waals surface area contributed by atoms with Gasteiger partial charge in [-0.05, 0) is 49.9 Å². The molecule has 0 radical (unpaired) electrons. The number of esters is 1. The van der Waals surface area contributed by atoms with Crippen LogP contribution in [0.25, 0.3) is 11.6 Å². The molecule has 2 heterocycles. The van der Waals surface area contributed by atoms with Gasteiger partial charge in [0.05, 0.1) is 30.2 Å². The number of hydrogen-bond donors (Lipinski definition) is 1. The number of nitrogens with one attached hydrogen (secondary N) is 1. The van der Waals surface area contributed by atoms with E-state index in [0.717, 1.165) is 5.56 Å². The lowest BCUT2D eigenvalue weighted by atomic mass is 10.1. The molecule has 2 aromatic heterocycles. The lowest BCUT2D eigenvalue weighted by molar-refractivity contribution is 0.0600. The van der Waals surface area contributed by atoms with E-state index < -0.39 is 5.97 Å². The Balaban J connectivity index is 1.96. The lowest BCUT2D eigenvalue weighted by Crippen LogP contribution is -2.18. The average molecular weight is 397 g/mol. The monoisotopic (exact) mass is 397 g/mol. The van der Waals surface area contributed by atoms with E-state index in [9.17, 15) is 9.59 Å². The fourth-order valence-corrected chi connectivity index (χ4v) is 3.28. The van der Waals surface area contributed by atoms with Crippen molar-refractivity contribution in [2.24, 2.45) is 0 Å². The zero-order valence-electron chi connectivity index (χ0n) is 15.9. The standard InChI is InChI=1S/C20H19N3O4S/c1-11-7-8-13(20(25)26-3)10-14(11)22-18(24)16-12(2)21-17(23-19(16)28-4)15-6-5-9-27-15/h5-10H,1-4H3,(H,22,24). The zero-order chi connectivity index (χ0) is 20.3. The highest BCUT2D eigenvalue weighted by molar-refractivity contribution is 7.98. The number of thioether (sulfide) groups is 1. The fourth-order valence-electron chi connectivity index (χ4n) is 2.66. The zero-order valence-corrected chi connectivity index (χ0v) is 16.7. The molecule has 3 aromatic rings. The molecular weight excluding hydrogens is 378 g/mol. The fraction of sp³-hybridized carbons (Fsp3) is 0.200. The molecule has 8 heteroatoms. The van der Waals surface area contributed by atoms with Gasteiger partial charge in [0.2, 0.25) is 0 Å². The van der Waals surface area contributed by atoms with Crippen molar-refractivity contribution in [1.82, 2.24) is 9.97 Å². The van der Waals surface area contributed by atoms with Gasteiger partial charge in [0.15, 0.2) is 11.6 Å². The maximum atomic E-state index is 13.0. The van der Waals surface area contributed by atoms with E-state index in [1.165, 1.54) is 18.9 Å². The first kappa shape index (κ1) is 19.6. The predicted molar refractivity (Wildman–Crippen MR) is 107 cm³/mol. The van der Waals surface area contributed by atoms with Crippen LogP contribution in [0, 0.1) is 13.8 Å². The summed E-state index contributed by atoms with van der Waals surface area (Å²) in [5.74, 6) is 0.139. The van der Waals surface area contributed by atoms with Crippen LogP contribution < -0.4 is 5.32 Å². The van der Waals surface area contributed by atoms with E-state index in [2.05, 4.69) is 15.3 Å². The van der Waals surface area contributed by atoms with Gasteiger partial charge in [-0.3, -0.25) is 4.79 Å². The maximum Gasteiger partial charge on any atom is 0.337 e. The van der Waals surface area contributed by atoms with Gasteiger partial charge in [0, 0.05) is 5.69 Å². The number of nitrogens with zero attached hydrogens (tertiary/aromatic N) is 2. The van der Waals surface area contributed by atoms with Crippen LogP contribution in [0.1, 0.15) is 32.0 Å². The van der Waals surface area contributed by atoms with E-state index in [4.69, 9.17) is 9.15 Å². The van der Waals surface area contributed by atoms with Crippen LogP contribution in [0.4, 0.5) is 5.69 Å². The third kappa shape index (κ3) is 3.91. The third-order valence-electron chi connectivity index (χ3n) is 4.13. The SMILES string of the molecule is COC(=O)c1ccc(C)c(NC(=O)c2c(C)nc(-c3ccco3)nc2SC)c1. The molecule has 0 fully saturated rings. The smallest absolute Gasteiger partial charge is 0.337 e. The summed E-state index contributed by atoms with van der Waals surface area (Å²) < 4.78 is 10.1. The Morgan fingerprint density at radius 3 is 2.61 bits per heavy atom. The van der Waals surface area contributed by atoms with Crippen molar-refractivity contribution in [3.63, 3.8) is 0 Å². The Hall–Kier alpha value is -3.13. The number of ether oxygens (including phenoxy) is 1. The van der Waals surface area contributed by atoms with Crippen LogP contribution in [0.2, 0.25) is 0 Å². The molecule has 1 aromatic carbocycles. The van der Waals surface area contributed by atoms with Crippen LogP contribution >= 0.6 is 11.8 Å². The lowest BCUT2D eigenvalue weighted by Gasteiger charge is -2.13. The Bertz CT molecular complexity index is 1030. The first-order valence-corrected chi connectivity index (χ1v) is 9.64. The number of anilines is 1. The Morgan fingerprint density at radius 2 is 1.96 bits per heavy atom. The highest BCUT2D eigenvalue weighted by atomic mass is 32.2. The highest BCUT2D eigenvalue weighted by Gasteiger charge is 2.21. The molecule has 0 atom stereocenters. The number of benzene rings is 1. The minimum atomic E-state index is -0.470. The number of hydrogen-bond acceptors (Lipinski definition) is 7. The molecule has 0 spiro atoms. The first-order valence-electron chi connectivity index (χ1n) is 8.41. The second-order valence-electron chi connectivity index (χ2n) is 5.97. The van der Waals surface area contributed by atoms with E-state index in [0.29, 0.717) is 39.1 Å². The number of amides is 1. The number of carbonyl (C=O) groups is 2. The third-order valence-corrected chi connectivity index (χ3v) is 4.81. The average Bonchev–Trinajstić information content (AvgIpc) is 3.23. The van der Waals surface area contributed by atoms with Crippen LogP contribution in [-0.4, -0.2) is 35.2 Å². The van der Waals surface area contributed by atoms with Gasteiger partial charge in [-0.25, -0.2) is 14.8 Å². The van der Waals surface area contributed by atoms with E-state index in [-0.39, 0.29) is 5.91 Å². The molecule has 0 aliphatic carbocycles. The topological polar surface area (TPSA) is 94.3 Å². The van der Waals surface area contributed by atoms with Gasteiger partial charge < -0.3 is 14.5 Å². The van der Waals surface area contributed by atoms with Gasteiger partial charge in [-0.15, -0.1) is 11.8 Å². The van der Waals surface area contributed by atoms with Crippen molar-refractivity contribution in [2.45, 2.75) is 18.9 Å². The molecular formula is C20H19N3O4S. The number of rotatable bonds is 5. The van der Waals surface area contributed by atoms with Crippen LogP contribution in [0.3, 0.4) is 0 Å². The molecule has 0 unspecified atom stereocenters. The van der Waals surface area contributed by atoms with Gasteiger partial charge >= 0.3 is 5.97 Å². The van der Waals surface area contributed by atoms with E-state index in [1.807, 2.05) is 13.2 Å². The molecule has 144 valence electrons. The molecule has 28 heavy (non-hydrogen) atoms. The highest BCUT2D eigenvalue weighted by Crippen LogP contribution is 2.27. The molecule has 0 aliphatic heterocycles. The van der Waals surface area contributed by atoms with Crippen LogP contribution in [-0.2, 0) is 4.74 Å². The number of aryl methyl sites for hydroxylation is 2. The Morgan fingerprint density at radius 1 is 1.18 bits per heavy atom. The summed E-state index contributed by atoms with van der Waals surface area (Å²) in [6.45, 7) is 3.59. The normalized spacial score (nSPS) is 10.6. The molecule has 1 amide bonds. The largest absolute Gasteiger partial charge is 0.465 e. The van der Waals surface area contributed by atoms with Crippen LogP contribution in [0.15, 0.2) is 46.0 Å². The van der Waals surface area contributed by atoms with Crippen molar-refractivity contribution < 1.29 is 18.7 Å². The van der Waals surface area contributed by atoms with Gasteiger partial charge in [0.25, 0.3) is 5.91 Å². The summed E-state index contributed by atoms with van der Waals surface area (Å²) in [4.78, 5) is 33.6. The maximum absolute atomic E-state index is 13.0. The summed E-state index contributed by atoms with van der Waals surface area (Å²) in [5, 5.41) is 3.39. The Kier molecular flexibility index (Phi) is 5.79. The number of carbonyl (C=O) groups excluding carboxylic acids is 2. The minimum absolute atomic E-state index is 0.349. The first-order chi connectivity index (χ1) is 13.4. The number of aromatic nitrogens is 2. The van der Waals surface area contributed by atoms with Crippen molar-refractivity contribution in [1.29, 1.82) is 0 Å². The molecule has 0 bridgehead atoms. The van der Waals surface area contributed by atoms with Crippen molar-refractivity contribution in [3.05, 3.63) is 59.0 Å². The molecule has 0 saturated carbocycles. The molecule has 3 rings (SSSR count). The van der Waals surface area contributed by atoms with Gasteiger partial charge in [0.1, 0.15) is 5.03 Å². The molecule has 7 nitrogen and oxygen atoms in total. The molecule has 0 aliphatic rings.